The molecule has 0 atom stereocenters. The third-order valence-electron chi connectivity index (χ3n) is 7.05. The van der Waals surface area contributed by atoms with Gasteiger partial charge in [0.1, 0.15) is 17.9 Å². The van der Waals surface area contributed by atoms with Crippen LogP contribution in [0.25, 0.3) is 10.9 Å². The summed E-state index contributed by atoms with van der Waals surface area (Å²) in [7, 11) is 4.87. The highest BCUT2D eigenvalue weighted by Gasteiger charge is 2.20. The molecule has 4 amide bonds. The third-order valence-corrected chi connectivity index (χ3v) is 7.83. The van der Waals surface area contributed by atoms with Crippen molar-refractivity contribution in [3.05, 3.63) is 93.6 Å². The van der Waals surface area contributed by atoms with Crippen molar-refractivity contribution >= 4 is 63.3 Å². The van der Waals surface area contributed by atoms with Crippen LogP contribution < -0.4 is 20.3 Å². The molecule has 1 heterocycles. The quantitative estimate of drug-likeness (QED) is 0.173. The molecule has 4 aromatic rings. The summed E-state index contributed by atoms with van der Waals surface area (Å²) in [6.07, 6.45) is 0.709. The zero-order valence-corrected chi connectivity index (χ0v) is 27.0. The van der Waals surface area contributed by atoms with Crippen molar-refractivity contribution in [3.8, 4) is 5.75 Å². The Morgan fingerprint density at radius 2 is 1.76 bits per heavy atom. The Morgan fingerprint density at radius 3 is 2.53 bits per heavy atom. The summed E-state index contributed by atoms with van der Waals surface area (Å²) in [4.78, 5) is 45.9. The highest BCUT2D eigenvalue weighted by molar-refractivity contribution is 6.38. The Balaban J connectivity index is 1.36. The molecule has 0 radical (unpaired) electrons. The van der Waals surface area contributed by atoms with Gasteiger partial charge in [0.2, 0.25) is 5.91 Å². The number of halogens is 2. The molecule has 0 aliphatic heterocycles. The van der Waals surface area contributed by atoms with Crippen molar-refractivity contribution in [3.63, 3.8) is 0 Å². The number of nitrogens with one attached hydrogen (secondary N) is 2. The molecule has 0 saturated heterocycles. The first kappa shape index (κ1) is 33.5. The summed E-state index contributed by atoms with van der Waals surface area (Å²) in [5.41, 5.74) is 3.32. The second kappa shape index (κ2) is 15.6. The standard InChI is InChI=1S/C33H35Cl2N5O5/c1-21-12-13-22-8-6-11-28(31(22)37-21)45-20-25-26(34)14-15-27(30(25)35)40(3)29(41)19-36-33(43)38-24-10-5-9-23(18-24)32(42)39(2)16-7-17-44-4/h5-6,8-15,18H,7,16-17,19-20H2,1-4H3,(H2,36,38,43). The van der Waals surface area contributed by atoms with E-state index in [0.29, 0.717) is 52.8 Å². The number of carbonyl (C=O) groups is 3. The van der Waals surface area contributed by atoms with E-state index in [1.54, 1.807) is 62.5 Å². The molecular formula is C33H35Cl2N5O5. The largest absolute Gasteiger partial charge is 0.487 e. The molecule has 0 saturated carbocycles. The normalized spacial score (nSPS) is 10.8. The van der Waals surface area contributed by atoms with Gasteiger partial charge in [-0.1, -0.05) is 47.5 Å². The van der Waals surface area contributed by atoms with Crippen molar-refractivity contribution in [2.24, 2.45) is 0 Å². The molecule has 0 aliphatic rings. The number of rotatable bonds is 12. The summed E-state index contributed by atoms with van der Waals surface area (Å²) in [5.74, 6) is -0.0191. The number of carbonyl (C=O) groups excluding carboxylic acids is 3. The number of methoxy groups -OCH3 is 1. The fraction of sp³-hybridized carbons (Fsp3) is 0.273. The molecule has 12 heteroatoms. The zero-order valence-electron chi connectivity index (χ0n) is 25.5. The van der Waals surface area contributed by atoms with Crippen molar-refractivity contribution < 1.29 is 23.9 Å². The molecule has 4 rings (SSSR count). The van der Waals surface area contributed by atoms with Gasteiger partial charge in [0.15, 0.2) is 0 Å². The Labute approximate surface area is 272 Å². The predicted molar refractivity (Wildman–Crippen MR) is 178 cm³/mol. The lowest BCUT2D eigenvalue weighted by atomic mass is 10.1. The van der Waals surface area contributed by atoms with Crippen LogP contribution in [0.4, 0.5) is 16.2 Å². The number of aryl methyl sites for hydroxylation is 1. The van der Waals surface area contributed by atoms with Gasteiger partial charge in [-0.25, -0.2) is 9.78 Å². The number of para-hydroxylation sites is 1. The summed E-state index contributed by atoms with van der Waals surface area (Å²) >= 11 is 13.2. The number of ether oxygens (including phenoxy) is 2. The first-order valence-corrected chi connectivity index (χ1v) is 15.0. The van der Waals surface area contributed by atoms with Crippen LogP contribution in [0, 0.1) is 6.92 Å². The van der Waals surface area contributed by atoms with Crippen LogP contribution in [0.1, 0.15) is 28.0 Å². The number of anilines is 2. The van der Waals surface area contributed by atoms with E-state index in [0.717, 1.165) is 16.6 Å². The smallest absolute Gasteiger partial charge is 0.319 e. The number of fused-ring (bicyclic) bond motifs is 1. The number of benzene rings is 3. The van der Waals surface area contributed by atoms with E-state index in [9.17, 15) is 14.4 Å². The van der Waals surface area contributed by atoms with Gasteiger partial charge in [-0.2, -0.15) is 0 Å². The first-order valence-electron chi connectivity index (χ1n) is 14.2. The second-order valence-corrected chi connectivity index (χ2v) is 11.1. The molecular weight excluding hydrogens is 617 g/mol. The number of hydrogen-bond acceptors (Lipinski definition) is 6. The number of hydrogen-bond donors (Lipinski definition) is 2. The summed E-state index contributed by atoms with van der Waals surface area (Å²) in [6.45, 7) is 2.73. The van der Waals surface area contributed by atoms with Gasteiger partial charge in [-0.05, 0) is 55.8 Å². The monoisotopic (exact) mass is 651 g/mol. The minimum atomic E-state index is -0.606. The molecule has 2 N–H and O–H groups in total. The van der Waals surface area contributed by atoms with E-state index in [2.05, 4.69) is 15.6 Å². The van der Waals surface area contributed by atoms with Crippen molar-refractivity contribution in [1.82, 2.24) is 15.2 Å². The number of pyridine rings is 1. The topological polar surface area (TPSA) is 113 Å². The van der Waals surface area contributed by atoms with E-state index in [1.165, 1.54) is 4.90 Å². The second-order valence-electron chi connectivity index (χ2n) is 10.3. The molecule has 0 spiro atoms. The van der Waals surface area contributed by atoms with Gasteiger partial charge in [-0.15, -0.1) is 0 Å². The summed E-state index contributed by atoms with van der Waals surface area (Å²) in [6, 6.07) is 18.8. The maximum Gasteiger partial charge on any atom is 0.319 e. The fourth-order valence-electron chi connectivity index (χ4n) is 4.54. The van der Waals surface area contributed by atoms with Crippen LogP contribution in [0.5, 0.6) is 5.75 Å². The van der Waals surface area contributed by atoms with Crippen LogP contribution >= 0.6 is 23.2 Å². The van der Waals surface area contributed by atoms with Crippen molar-refractivity contribution in [2.75, 3.05) is 51.1 Å². The maximum atomic E-state index is 13.0. The highest BCUT2D eigenvalue weighted by Crippen LogP contribution is 2.35. The van der Waals surface area contributed by atoms with E-state index < -0.39 is 11.9 Å². The van der Waals surface area contributed by atoms with Gasteiger partial charge >= 0.3 is 6.03 Å². The number of urea groups is 1. The third kappa shape index (κ3) is 8.63. The number of nitrogens with zero attached hydrogens (tertiary/aromatic N) is 3. The Hall–Kier alpha value is -4.38. The average Bonchev–Trinajstić information content (AvgIpc) is 3.03. The lowest BCUT2D eigenvalue weighted by molar-refractivity contribution is -0.117. The SMILES string of the molecule is COCCCN(C)C(=O)c1cccc(NC(=O)NCC(=O)N(C)c2ccc(Cl)c(COc3cccc4ccc(C)nc34)c2Cl)c1. The predicted octanol–water partition coefficient (Wildman–Crippen LogP) is 6.32. The molecule has 45 heavy (non-hydrogen) atoms. The van der Waals surface area contributed by atoms with E-state index in [1.807, 2.05) is 37.3 Å². The number of aromatic nitrogens is 1. The lowest BCUT2D eigenvalue weighted by Crippen LogP contribution is -2.40. The van der Waals surface area contributed by atoms with E-state index in [4.69, 9.17) is 32.7 Å². The molecule has 0 unspecified atom stereocenters. The molecule has 1 aromatic heterocycles. The van der Waals surface area contributed by atoms with Crippen molar-refractivity contribution in [1.29, 1.82) is 0 Å². The van der Waals surface area contributed by atoms with Gasteiger partial charge in [0.05, 0.1) is 17.3 Å². The van der Waals surface area contributed by atoms with Crippen LogP contribution in [-0.4, -0.2) is 68.6 Å². The van der Waals surface area contributed by atoms with Crippen LogP contribution in [0.2, 0.25) is 10.0 Å². The zero-order chi connectivity index (χ0) is 32.5. The van der Waals surface area contributed by atoms with Gasteiger partial charge < -0.3 is 29.9 Å². The van der Waals surface area contributed by atoms with Gasteiger partial charge in [0.25, 0.3) is 5.91 Å². The van der Waals surface area contributed by atoms with E-state index >= 15 is 0 Å². The van der Waals surface area contributed by atoms with E-state index in [-0.39, 0.29) is 24.1 Å². The first-order chi connectivity index (χ1) is 21.6. The molecule has 0 fully saturated rings. The maximum absolute atomic E-state index is 13.0. The Bertz CT molecular complexity index is 1700. The summed E-state index contributed by atoms with van der Waals surface area (Å²) in [5, 5.41) is 6.78. The minimum absolute atomic E-state index is 0.0490. The molecule has 0 bridgehead atoms. The highest BCUT2D eigenvalue weighted by atomic mass is 35.5. The van der Waals surface area contributed by atoms with Crippen molar-refractivity contribution in [2.45, 2.75) is 20.0 Å². The number of amides is 4. The lowest BCUT2D eigenvalue weighted by Gasteiger charge is -2.21. The molecule has 236 valence electrons. The van der Waals surface area contributed by atoms with Gasteiger partial charge in [-0.3, -0.25) is 9.59 Å². The van der Waals surface area contributed by atoms with Crippen LogP contribution in [0.3, 0.4) is 0 Å². The Kier molecular flexibility index (Phi) is 11.6. The molecule has 0 aliphatic carbocycles. The minimum Gasteiger partial charge on any atom is -0.487 e. The molecule has 3 aromatic carbocycles. The van der Waals surface area contributed by atoms with Crippen LogP contribution in [0.15, 0.2) is 66.7 Å². The molecule has 10 nitrogen and oxygen atoms in total. The van der Waals surface area contributed by atoms with Crippen LogP contribution in [-0.2, 0) is 16.1 Å². The summed E-state index contributed by atoms with van der Waals surface area (Å²) < 4.78 is 11.1. The van der Waals surface area contributed by atoms with Gasteiger partial charge in [0, 0.05) is 67.3 Å². The number of likely N-dealkylation sites (N-methyl/N-ethyl adjacent to an activating group) is 1. The fourth-order valence-corrected chi connectivity index (χ4v) is 5.15. The Morgan fingerprint density at radius 1 is 0.978 bits per heavy atom. The average molecular weight is 653 g/mol.